The molecule has 0 aliphatic rings. The summed E-state index contributed by atoms with van der Waals surface area (Å²) in [6.07, 6.45) is 3.72. The second-order valence-corrected chi connectivity index (χ2v) is 6.02. The van der Waals surface area contributed by atoms with Gasteiger partial charge < -0.3 is 5.32 Å². The van der Waals surface area contributed by atoms with Crippen molar-refractivity contribution < 1.29 is 4.21 Å². The Bertz CT molecular complexity index is 499. The van der Waals surface area contributed by atoms with Gasteiger partial charge in [0, 0.05) is 35.6 Å². The molecule has 0 saturated carbocycles. The quantitative estimate of drug-likeness (QED) is 0.837. The Kier molecular flexibility index (Phi) is 5.30. The zero-order valence-corrected chi connectivity index (χ0v) is 11.8. The first-order chi connectivity index (χ1) is 9.25. The van der Waals surface area contributed by atoms with Crippen LogP contribution in [0.25, 0.3) is 0 Å². The van der Waals surface area contributed by atoms with Crippen LogP contribution in [0.2, 0.25) is 0 Å². The summed E-state index contributed by atoms with van der Waals surface area (Å²) < 4.78 is 13.9. The third-order valence-electron chi connectivity index (χ3n) is 2.81. The predicted octanol–water partition coefficient (Wildman–Crippen LogP) is 1.67. The lowest BCUT2D eigenvalue weighted by molar-refractivity contribution is 0.462. The number of hydrogen-bond donors (Lipinski definition) is 1. The van der Waals surface area contributed by atoms with Crippen molar-refractivity contribution in [1.29, 1.82) is 0 Å². The van der Waals surface area contributed by atoms with Crippen LogP contribution in [-0.4, -0.2) is 32.3 Å². The first kappa shape index (κ1) is 14.0. The number of hydrogen-bond acceptors (Lipinski definition) is 3. The number of rotatable bonds is 7. The van der Waals surface area contributed by atoms with E-state index < -0.39 is 10.8 Å². The van der Waals surface area contributed by atoms with E-state index in [1.165, 1.54) is 0 Å². The Morgan fingerprint density at radius 3 is 2.79 bits per heavy atom. The topological polar surface area (TPSA) is 46.9 Å². The molecule has 0 spiro atoms. The van der Waals surface area contributed by atoms with Crippen LogP contribution in [0.4, 0.5) is 0 Å². The van der Waals surface area contributed by atoms with E-state index in [0.717, 1.165) is 18.0 Å². The summed E-state index contributed by atoms with van der Waals surface area (Å²) in [7, 11) is -0.923. The van der Waals surface area contributed by atoms with Crippen molar-refractivity contribution >= 4 is 10.8 Å². The van der Waals surface area contributed by atoms with E-state index in [1.807, 2.05) is 47.3 Å². The summed E-state index contributed by atoms with van der Waals surface area (Å²) in [4.78, 5) is 0.893. The summed E-state index contributed by atoms with van der Waals surface area (Å²) in [6.45, 7) is 3.67. The van der Waals surface area contributed by atoms with Gasteiger partial charge in [0.25, 0.3) is 0 Å². The highest BCUT2D eigenvalue weighted by Gasteiger charge is 2.05. The molecule has 0 amide bonds. The molecular formula is C14H19N3OS. The van der Waals surface area contributed by atoms with Crippen LogP contribution in [0.3, 0.4) is 0 Å². The van der Waals surface area contributed by atoms with Crippen LogP contribution in [-0.2, 0) is 17.3 Å². The smallest absolute Gasteiger partial charge is 0.0559 e. The summed E-state index contributed by atoms with van der Waals surface area (Å²) >= 11 is 0. The van der Waals surface area contributed by atoms with Gasteiger partial charge in [0.15, 0.2) is 0 Å². The molecule has 2 rings (SSSR count). The Hall–Kier alpha value is -1.46. The first-order valence-electron chi connectivity index (χ1n) is 6.40. The number of benzene rings is 1. The van der Waals surface area contributed by atoms with Crippen molar-refractivity contribution in [3.05, 3.63) is 48.8 Å². The van der Waals surface area contributed by atoms with Crippen LogP contribution in [0.1, 0.15) is 6.92 Å². The summed E-state index contributed by atoms with van der Waals surface area (Å²) in [5.41, 5.74) is 0. The highest BCUT2D eigenvalue weighted by Crippen LogP contribution is 2.04. The number of nitrogens with zero attached hydrogens (tertiary/aromatic N) is 2. The highest BCUT2D eigenvalue weighted by molar-refractivity contribution is 7.85. The van der Waals surface area contributed by atoms with Gasteiger partial charge in [-0.2, -0.15) is 5.10 Å². The molecule has 19 heavy (non-hydrogen) atoms. The molecule has 0 radical (unpaired) electrons. The van der Waals surface area contributed by atoms with Gasteiger partial charge in [-0.1, -0.05) is 18.2 Å². The fourth-order valence-corrected chi connectivity index (χ4v) is 2.84. The molecule has 2 unspecified atom stereocenters. The van der Waals surface area contributed by atoms with Crippen molar-refractivity contribution in [1.82, 2.24) is 15.1 Å². The molecule has 1 aromatic carbocycles. The molecule has 1 aromatic heterocycles. The maximum atomic E-state index is 12.0. The predicted molar refractivity (Wildman–Crippen MR) is 77.4 cm³/mol. The molecule has 0 fully saturated rings. The van der Waals surface area contributed by atoms with Crippen molar-refractivity contribution in [2.45, 2.75) is 24.4 Å². The SMILES string of the molecule is CC(Cn1cccn1)NCCS(=O)c1ccccc1. The first-order valence-corrected chi connectivity index (χ1v) is 7.72. The Balaban J connectivity index is 1.70. The molecule has 102 valence electrons. The van der Waals surface area contributed by atoms with E-state index in [-0.39, 0.29) is 0 Å². The van der Waals surface area contributed by atoms with Gasteiger partial charge in [-0.3, -0.25) is 8.89 Å². The third kappa shape index (κ3) is 4.61. The van der Waals surface area contributed by atoms with Gasteiger partial charge in [0.05, 0.1) is 17.3 Å². The van der Waals surface area contributed by atoms with E-state index in [0.29, 0.717) is 11.8 Å². The Morgan fingerprint density at radius 2 is 2.11 bits per heavy atom. The minimum absolute atomic E-state index is 0.313. The molecule has 2 aromatic rings. The molecule has 5 heteroatoms. The van der Waals surface area contributed by atoms with Gasteiger partial charge >= 0.3 is 0 Å². The third-order valence-corrected chi connectivity index (χ3v) is 4.18. The zero-order valence-electron chi connectivity index (χ0n) is 11.0. The lowest BCUT2D eigenvalue weighted by Crippen LogP contribution is -2.33. The molecule has 0 bridgehead atoms. The molecule has 0 aliphatic heterocycles. The minimum atomic E-state index is -0.923. The van der Waals surface area contributed by atoms with E-state index in [9.17, 15) is 4.21 Å². The Labute approximate surface area is 116 Å². The lowest BCUT2D eigenvalue weighted by Gasteiger charge is -2.13. The fraction of sp³-hybridized carbons (Fsp3) is 0.357. The van der Waals surface area contributed by atoms with Gasteiger partial charge in [-0.25, -0.2) is 0 Å². The van der Waals surface area contributed by atoms with E-state index >= 15 is 0 Å². The van der Waals surface area contributed by atoms with Crippen molar-refractivity contribution in [2.24, 2.45) is 0 Å². The second kappa shape index (κ2) is 7.21. The lowest BCUT2D eigenvalue weighted by atomic mass is 10.3. The summed E-state index contributed by atoms with van der Waals surface area (Å²) in [5.74, 6) is 0.632. The Morgan fingerprint density at radius 1 is 1.32 bits per heavy atom. The second-order valence-electron chi connectivity index (χ2n) is 4.45. The monoisotopic (exact) mass is 277 g/mol. The molecule has 0 saturated heterocycles. The zero-order chi connectivity index (χ0) is 13.5. The van der Waals surface area contributed by atoms with E-state index in [4.69, 9.17) is 0 Å². The normalized spacial score (nSPS) is 14.2. The van der Waals surface area contributed by atoms with Crippen molar-refractivity contribution in [2.75, 3.05) is 12.3 Å². The van der Waals surface area contributed by atoms with Crippen LogP contribution in [0.5, 0.6) is 0 Å². The van der Waals surface area contributed by atoms with Crippen LogP contribution < -0.4 is 5.32 Å². The summed E-state index contributed by atoms with van der Waals surface area (Å²) in [5, 5.41) is 7.53. The largest absolute Gasteiger partial charge is 0.311 e. The van der Waals surface area contributed by atoms with Crippen molar-refractivity contribution in [3.63, 3.8) is 0 Å². The molecule has 0 aliphatic carbocycles. The average Bonchev–Trinajstić information content (AvgIpc) is 2.92. The molecule has 4 nitrogen and oxygen atoms in total. The molecule has 1 N–H and O–H groups in total. The fourth-order valence-electron chi connectivity index (χ4n) is 1.84. The molecule has 2 atom stereocenters. The average molecular weight is 277 g/mol. The van der Waals surface area contributed by atoms with Crippen molar-refractivity contribution in [3.8, 4) is 0 Å². The van der Waals surface area contributed by atoms with Crippen LogP contribution >= 0.6 is 0 Å². The van der Waals surface area contributed by atoms with Gasteiger partial charge in [-0.05, 0) is 25.1 Å². The highest BCUT2D eigenvalue weighted by atomic mass is 32.2. The van der Waals surface area contributed by atoms with Crippen LogP contribution in [0, 0.1) is 0 Å². The molecular weight excluding hydrogens is 258 g/mol. The standard InChI is InChI=1S/C14H19N3OS/c1-13(12-17-10-5-8-16-17)15-9-11-19(18)14-6-3-2-4-7-14/h2-8,10,13,15H,9,11-12H2,1H3. The van der Waals surface area contributed by atoms with E-state index in [1.54, 1.807) is 6.20 Å². The molecule has 1 heterocycles. The minimum Gasteiger partial charge on any atom is -0.311 e. The van der Waals surface area contributed by atoms with E-state index in [2.05, 4.69) is 17.3 Å². The van der Waals surface area contributed by atoms with Gasteiger partial charge in [0.1, 0.15) is 0 Å². The van der Waals surface area contributed by atoms with Crippen LogP contribution in [0.15, 0.2) is 53.7 Å². The summed E-state index contributed by atoms with van der Waals surface area (Å²) in [6, 6.07) is 11.8. The number of aromatic nitrogens is 2. The maximum Gasteiger partial charge on any atom is 0.0559 e. The number of nitrogens with one attached hydrogen (secondary N) is 1. The maximum absolute atomic E-state index is 12.0. The van der Waals surface area contributed by atoms with Gasteiger partial charge in [-0.15, -0.1) is 0 Å². The van der Waals surface area contributed by atoms with Gasteiger partial charge in [0.2, 0.25) is 0 Å².